The van der Waals surface area contributed by atoms with Crippen molar-refractivity contribution in [1.82, 2.24) is 0 Å². The molecule has 0 bridgehead atoms. The summed E-state index contributed by atoms with van der Waals surface area (Å²) in [7, 11) is 0. The van der Waals surface area contributed by atoms with Crippen LogP contribution in [-0.4, -0.2) is 142 Å². The summed E-state index contributed by atoms with van der Waals surface area (Å²) in [6.07, 6.45) is 21.0. The molecule has 2 aliphatic rings. The molecule has 0 aromatic carbocycles. The maximum atomic E-state index is 12.9. The fourth-order valence-corrected chi connectivity index (χ4v) is 7.59. The molecule has 0 saturated carbocycles. The third-order valence-corrected chi connectivity index (χ3v) is 11.7. The number of rotatable bonds is 37. The summed E-state index contributed by atoms with van der Waals surface area (Å²) in [4.78, 5) is 25.6. The summed E-state index contributed by atoms with van der Waals surface area (Å²) in [6.45, 7) is 2.43. The summed E-state index contributed by atoms with van der Waals surface area (Å²) in [6, 6.07) is 0. The fraction of sp³-hybridized carbons (Fsp3) is 0.837. The summed E-state index contributed by atoms with van der Waals surface area (Å²) in [5, 5.41) is 71.9. The molecule has 0 aliphatic carbocycles. The number of esters is 2. The lowest BCUT2D eigenvalue weighted by atomic mass is 9.98. The zero-order chi connectivity index (χ0) is 46.8. The van der Waals surface area contributed by atoms with Gasteiger partial charge in [-0.1, -0.05) is 147 Å². The Morgan fingerprint density at radius 3 is 1.56 bits per heavy atom. The Morgan fingerprint density at radius 2 is 1.00 bits per heavy atom. The average Bonchev–Trinajstić information content (AvgIpc) is 3.29. The largest absolute Gasteiger partial charge is 0.458 e. The molecule has 0 radical (unpaired) electrons. The molecule has 2 rings (SSSR count). The van der Waals surface area contributed by atoms with Crippen LogP contribution in [0, 0.1) is 0 Å². The van der Waals surface area contributed by atoms with E-state index in [0.717, 1.165) is 51.4 Å². The standard InChI is InChI=1S/C49H86O15/c1-3-5-7-9-11-13-15-17-18-20-21-23-25-27-29-31-40(51)59-34-37(62-41(52)32-30-28-26-24-22-19-16-14-12-10-8-6-4-2)35-60-48-47(58)45(56)43(54)39(64-48)36-61-49-46(57)44(55)42(53)38(33-50)63-49/h14,16,25,27,29,31,37-39,42-50,53-58H,3-13,15,17-24,26,28,30,32-36H2,1-2H3/b16-14+,27-25+,31-29+/t37-,38-,39-,42+,43+,44?,45?,46?,47?,48-,49-/m1/s1. The first-order chi connectivity index (χ1) is 31.0. The van der Waals surface area contributed by atoms with Crippen molar-refractivity contribution in [3.05, 3.63) is 36.5 Å². The van der Waals surface area contributed by atoms with Crippen molar-refractivity contribution in [2.24, 2.45) is 0 Å². The predicted molar refractivity (Wildman–Crippen MR) is 243 cm³/mol. The Balaban J connectivity index is 1.87. The van der Waals surface area contributed by atoms with Crippen LogP contribution in [0.25, 0.3) is 0 Å². The molecule has 0 aromatic rings. The second kappa shape index (κ2) is 36.8. The normalized spacial score (nSPS) is 26.9. The number of aliphatic hydroxyl groups is 7. The monoisotopic (exact) mass is 915 g/mol. The van der Waals surface area contributed by atoms with Gasteiger partial charge >= 0.3 is 11.9 Å². The number of carbonyl (C=O) groups excluding carboxylic acids is 2. The number of unbranched alkanes of at least 4 members (excludes halogenated alkanes) is 20. The van der Waals surface area contributed by atoms with Gasteiger partial charge in [0.2, 0.25) is 0 Å². The summed E-state index contributed by atoms with van der Waals surface area (Å²) in [5.41, 5.74) is 0. The Bertz CT molecular complexity index is 1260. The van der Waals surface area contributed by atoms with Crippen LogP contribution in [0.4, 0.5) is 0 Å². The van der Waals surface area contributed by atoms with Gasteiger partial charge in [-0.2, -0.15) is 0 Å². The van der Waals surface area contributed by atoms with Gasteiger partial charge in [-0.25, -0.2) is 4.79 Å². The van der Waals surface area contributed by atoms with Gasteiger partial charge in [0.1, 0.15) is 55.4 Å². The Hall–Kier alpha value is -2.28. The third-order valence-electron chi connectivity index (χ3n) is 11.7. The highest BCUT2D eigenvalue weighted by atomic mass is 16.7. The van der Waals surface area contributed by atoms with Crippen molar-refractivity contribution in [3.63, 3.8) is 0 Å². The van der Waals surface area contributed by atoms with E-state index in [1.54, 1.807) is 12.2 Å². The molecule has 4 unspecified atom stereocenters. The Labute approximate surface area is 383 Å². The molecule has 2 aliphatic heterocycles. The molecular formula is C49H86O15. The molecule has 0 spiro atoms. The Morgan fingerprint density at radius 1 is 0.531 bits per heavy atom. The first-order valence-electron chi connectivity index (χ1n) is 24.6. The van der Waals surface area contributed by atoms with Crippen LogP contribution >= 0.6 is 0 Å². The highest BCUT2D eigenvalue weighted by Gasteiger charge is 2.47. The van der Waals surface area contributed by atoms with E-state index in [0.29, 0.717) is 6.42 Å². The van der Waals surface area contributed by atoms with Crippen molar-refractivity contribution in [3.8, 4) is 0 Å². The summed E-state index contributed by atoms with van der Waals surface area (Å²) < 4.78 is 33.3. The zero-order valence-corrected chi connectivity index (χ0v) is 39.0. The van der Waals surface area contributed by atoms with Crippen LogP contribution in [0.3, 0.4) is 0 Å². The second-order valence-corrected chi connectivity index (χ2v) is 17.4. The SMILES string of the molecule is CCCCCC/C=C/CCCCCCCC(=O)O[C@H](COC(=O)/C=C/C=C/CCCCCCCCCCCCC)CO[C@@H]1O[C@H](CO[C@@H]2O[C@H](CO)[C@H](O)C(O)C2O)[C@H](O)C(O)C1O. The van der Waals surface area contributed by atoms with E-state index in [4.69, 9.17) is 28.4 Å². The van der Waals surface area contributed by atoms with Gasteiger partial charge in [-0.15, -0.1) is 0 Å². The number of hydrogen-bond donors (Lipinski definition) is 7. The summed E-state index contributed by atoms with van der Waals surface area (Å²) >= 11 is 0. The predicted octanol–water partition coefficient (Wildman–Crippen LogP) is 6.15. The second-order valence-electron chi connectivity index (χ2n) is 17.4. The van der Waals surface area contributed by atoms with Gasteiger partial charge in [-0.3, -0.25) is 4.79 Å². The van der Waals surface area contributed by atoms with Crippen LogP contribution in [0.2, 0.25) is 0 Å². The first kappa shape index (κ1) is 57.8. The number of hydrogen-bond acceptors (Lipinski definition) is 15. The van der Waals surface area contributed by atoms with Gasteiger partial charge in [-0.05, 0) is 44.9 Å². The topological polar surface area (TPSA) is 231 Å². The van der Waals surface area contributed by atoms with Gasteiger partial charge in [0.15, 0.2) is 18.7 Å². The molecule has 15 heteroatoms. The molecule has 15 nitrogen and oxygen atoms in total. The maximum Gasteiger partial charge on any atom is 0.330 e. The van der Waals surface area contributed by atoms with Crippen molar-refractivity contribution in [2.75, 3.05) is 26.4 Å². The zero-order valence-electron chi connectivity index (χ0n) is 39.0. The minimum absolute atomic E-state index is 0.136. The van der Waals surface area contributed by atoms with E-state index < -0.39 is 99.3 Å². The molecule has 7 N–H and O–H groups in total. The highest BCUT2D eigenvalue weighted by Crippen LogP contribution is 2.26. The van der Waals surface area contributed by atoms with E-state index in [1.165, 1.54) is 96.0 Å². The lowest BCUT2D eigenvalue weighted by Gasteiger charge is -2.42. The minimum Gasteiger partial charge on any atom is -0.458 e. The van der Waals surface area contributed by atoms with Gasteiger partial charge in [0.05, 0.1) is 19.8 Å². The van der Waals surface area contributed by atoms with E-state index in [1.807, 2.05) is 6.08 Å². The molecule has 64 heavy (non-hydrogen) atoms. The first-order valence-corrected chi connectivity index (χ1v) is 24.6. The van der Waals surface area contributed by atoms with Crippen LogP contribution in [0.5, 0.6) is 0 Å². The average molecular weight is 915 g/mol. The molecule has 2 saturated heterocycles. The number of ether oxygens (including phenoxy) is 6. The minimum atomic E-state index is -1.78. The van der Waals surface area contributed by atoms with Crippen LogP contribution in [0.15, 0.2) is 36.5 Å². The quantitative estimate of drug-likeness (QED) is 0.0122. The number of allylic oxidation sites excluding steroid dienone is 5. The summed E-state index contributed by atoms with van der Waals surface area (Å²) in [5.74, 6) is -1.19. The van der Waals surface area contributed by atoms with Crippen LogP contribution in [0.1, 0.15) is 168 Å². The van der Waals surface area contributed by atoms with Crippen LogP contribution < -0.4 is 0 Å². The van der Waals surface area contributed by atoms with E-state index in [-0.39, 0.29) is 13.0 Å². The lowest BCUT2D eigenvalue weighted by Crippen LogP contribution is -2.61. The molecule has 2 heterocycles. The van der Waals surface area contributed by atoms with Gasteiger partial charge in [0.25, 0.3) is 0 Å². The maximum absolute atomic E-state index is 12.9. The van der Waals surface area contributed by atoms with Crippen LogP contribution in [-0.2, 0) is 38.0 Å². The van der Waals surface area contributed by atoms with Crippen molar-refractivity contribution in [1.29, 1.82) is 0 Å². The van der Waals surface area contributed by atoms with E-state index in [9.17, 15) is 45.3 Å². The molecule has 0 aromatic heterocycles. The van der Waals surface area contributed by atoms with Crippen molar-refractivity contribution < 1.29 is 73.8 Å². The van der Waals surface area contributed by atoms with E-state index in [2.05, 4.69) is 26.0 Å². The van der Waals surface area contributed by atoms with E-state index >= 15 is 0 Å². The fourth-order valence-electron chi connectivity index (χ4n) is 7.59. The third kappa shape index (κ3) is 25.0. The molecule has 11 atom stereocenters. The van der Waals surface area contributed by atoms with Crippen molar-refractivity contribution in [2.45, 2.75) is 235 Å². The number of carbonyl (C=O) groups is 2. The molecule has 2 fully saturated rings. The molecular weight excluding hydrogens is 829 g/mol. The Kier molecular flexibility index (Phi) is 33.3. The number of aliphatic hydroxyl groups excluding tert-OH is 7. The highest BCUT2D eigenvalue weighted by molar-refractivity contribution is 5.82. The smallest absolute Gasteiger partial charge is 0.330 e. The lowest BCUT2D eigenvalue weighted by molar-refractivity contribution is -0.332. The molecule has 372 valence electrons. The van der Waals surface area contributed by atoms with Crippen molar-refractivity contribution >= 4 is 11.9 Å². The molecule has 0 amide bonds. The van der Waals surface area contributed by atoms with Gasteiger partial charge in [0, 0.05) is 12.5 Å². The van der Waals surface area contributed by atoms with Gasteiger partial charge < -0.3 is 64.2 Å².